The van der Waals surface area contributed by atoms with Crippen LogP contribution in [0.5, 0.6) is 0 Å². The van der Waals surface area contributed by atoms with Gasteiger partial charge in [-0.05, 0) is 40.5 Å². The molecule has 0 unspecified atom stereocenters. The van der Waals surface area contributed by atoms with E-state index in [1.165, 1.54) is 17.4 Å². The predicted molar refractivity (Wildman–Crippen MR) is 80.9 cm³/mol. The third-order valence-corrected chi connectivity index (χ3v) is 5.78. The van der Waals surface area contributed by atoms with Crippen molar-refractivity contribution in [3.63, 3.8) is 0 Å². The number of benzene rings is 1. The first kappa shape index (κ1) is 15.6. The number of sulfonamides is 1. The summed E-state index contributed by atoms with van der Waals surface area (Å²) in [5.41, 5.74) is 1.34. The summed E-state index contributed by atoms with van der Waals surface area (Å²) in [5, 5.41) is 11.7. The first-order valence-electron chi connectivity index (χ1n) is 5.72. The summed E-state index contributed by atoms with van der Waals surface area (Å²) in [6.07, 6.45) is 0. The van der Waals surface area contributed by atoms with Crippen LogP contribution in [-0.4, -0.2) is 18.5 Å². The zero-order valence-electron chi connectivity index (χ0n) is 10.6. The first-order chi connectivity index (χ1) is 9.42. The number of hydrogen-bond acceptors (Lipinski definition) is 5. The van der Waals surface area contributed by atoms with Gasteiger partial charge in [0.25, 0.3) is 0 Å². The fourth-order valence-electron chi connectivity index (χ4n) is 1.60. The number of hydrogen-bond donors (Lipinski definition) is 2. The van der Waals surface area contributed by atoms with Crippen molar-refractivity contribution >= 4 is 37.3 Å². The molecule has 1 aromatic heterocycles. The standard InChI is InChI=1S/C12H13BrN2O3S2/c1-8-15-10(7-19-8)5-14-20(17,18)12-3-2-9(6-16)4-11(12)13/h2-4,7,14,16H,5-6H2,1H3. The smallest absolute Gasteiger partial charge is 0.242 e. The number of rotatable bonds is 5. The number of nitrogens with one attached hydrogen (secondary N) is 1. The van der Waals surface area contributed by atoms with Crippen molar-refractivity contribution in [2.75, 3.05) is 0 Å². The second kappa shape index (κ2) is 6.31. The van der Waals surface area contributed by atoms with Crippen LogP contribution in [-0.2, 0) is 23.2 Å². The van der Waals surface area contributed by atoms with E-state index >= 15 is 0 Å². The molecule has 8 heteroatoms. The van der Waals surface area contributed by atoms with Crippen LogP contribution in [0.3, 0.4) is 0 Å². The Morgan fingerprint density at radius 2 is 2.20 bits per heavy atom. The molecule has 2 aromatic rings. The molecule has 0 amide bonds. The van der Waals surface area contributed by atoms with Crippen molar-refractivity contribution in [1.82, 2.24) is 9.71 Å². The highest BCUT2D eigenvalue weighted by atomic mass is 79.9. The third kappa shape index (κ3) is 3.64. The summed E-state index contributed by atoms with van der Waals surface area (Å²) in [5.74, 6) is 0. The van der Waals surface area contributed by atoms with Gasteiger partial charge in [0.2, 0.25) is 10.0 Å². The van der Waals surface area contributed by atoms with E-state index in [0.29, 0.717) is 15.7 Å². The summed E-state index contributed by atoms with van der Waals surface area (Å²) in [4.78, 5) is 4.34. The number of aliphatic hydroxyl groups excluding tert-OH is 1. The minimum absolute atomic E-state index is 0.134. The monoisotopic (exact) mass is 376 g/mol. The fourth-order valence-corrected chi connectivity index (χ4v) is 4.33. The van der Waals surface area contributed by atoms with Gasteiger partial charge in [-0.1, -0.05) is 6.07 Å². The molecule has 2 N–H and O–H groups in total. The second-order valence-electron chi connectivity index (χ2n) is 4.11. The second-order valence-corrected chi connectivity index (χ2v) is 7.76. The van der Waals surface area contributed by atoms with Crippen LogP contribution in [0.4, 0.5) is 0 Å². The molecule has 0 saturated heterocycles. The van der Waals surface area contributed by atoms with E-state index in [4.69, 9.17) is 5.11 Å². The minimum atomic E-state index is -3.62. The molecule has 0 aliphatic rings. The maximum atomic E-state index is 12.2. The molecule has 0 saturated carbocycles. The average Bonchev–Trinajstić information content (AvgIpc) is 2.82. The molecular formula is C12H13BrN2O3S2. The predicted octanol–water partition coefficient (Wildman–Crippen LogP) is 2.18. The number of thiazole rings is 1. The van der Waals surface area contributed by atoms with Crippen molar-refractivity contribution in [3.05, 3.63) is 44.3 Å². The zero-order chi connectivity index (χ0) is 14.8. The van der Waals surface area contributed by atoms with Crippen molar-refractivity contribution in [3.8, 4) is 0 Å². The van der Waals surface area contributed by atoms with Crippen LogP contribution in [0.25, 0.3) is 0 Å². The maximum absolute atomic E-state index is 12.2. The van der Waals surface area contributed by atoms with Gasteiger partial charge >= 0.3 is 0 Å². The normalized spacial score (nSPS) is 11.8. The van der Waals surface area contributed by atoms with Crippen LogP contribution in [0.15, 0.2) is 32.9 Å². The summed E-state index contributed by atoms with van der Waals surface area (Å²) < 4.78 is 27.3. The van der Waals surface area contributed by atoms with Gasteiger partial charge in [0.15, 0.2) is 0 Å². The van der Waals surface area contributed by atoms with E-state index in [0.717, 1.165) is 5.01 Å². The van der Waals surface area contributed by atoms with E-state index in [1.54, 1.807) is 12.1 Å². The molecule has 1 heterocycles. The Bertz CT molecular complexity index is 713. The number of aryl methyl sites for hydroxylation is 1. The summed E-state index contributed by atoms with van der Waals surface area (Å²) in [7, 11) is -3.62. The molecule has 0 atom stereocenters. The molecule has 0 radical (unpaired) electrons. The van der Waals surface area contributed by atoms with Crippen LogP contribution < -0.4 is 4.72 Å². The summed E-state index contributed by atoms with van der Waals surface area (Å²) in [6.45, 7) is 1.89. The van der Waals surface area contributed by atoms with Crippen molar-refractivity contribution in [2.45, 2.75) is 25.0 Å². The Morgan fingerprint density at radius 1 is 1.45 bits per heavy atom. The van der Waals surface area contributed by atoms with E-state index in [1.807, 2.05) is 12.3 Å². The Morgan fingerprint density at radius 3 is 2.75 bits per heavy atom. The molecule has 0 fully saturated rings. The number of aromatic nitrogens is 1. The molecular weight excluding hydrogens is 364 g/mol. The van der Waals surface area contributed by atoms with Crippen molar-refractivity contribution in [2.24, 2.45) is 0 Å². The lowest BCUT2D eigenvalue weighted by atomic mass is 10.2. The van der Waals surface area contributed by atoms with E-state index in [-0.39, 0.29) is 18.0 Å². The first-order valence-corrected chi connectivity index (χ1v) is 8.88. The molecule has 5 nitrogen and oxygen atoms in total. The average molecular weight is 377 g/mol. The van der Waals surface area contributed by atoms with Gasteiger partial charge in [-0.25, -0.2) is 18.1 Å². The van der Waals surface area contributed by atoms with Gasteiger partial charge in [0.1, 0.15) is 0 Å². The molecule has 20 heavy (non-hydrogen) atoms. The number of halogens is 1. The summed E-state index contributed by atoms with van der Waals surface area (Å²) in [6, 6.07) is 4.62. The SMILES string of the molecule is Cc1nc(CNS(=O)(=O)c2ccc(CO)cc2Br)cs1. The van der Waals surface area contributed by atoms with Gasteiger partial charge in [-0.2, -0.15) is 0 Å². The van der Waals surface area contributed by atoms with E-state index in [2.05, 4.69) is 25.6 Å². The molecule has 0 bridgehead atoms. The van der Waals surface area contributed by atoms with Crippen LogP contribution in [0.2, 0.25) is 0 Å². The van der Waals surface area contributed by atoms with Crippen molar-refractivity contribution in [1.29, 1.82) is 0 Å². The van der Waals surface area contributed by atoms with Gasteiger partial charge < -0.3 is 5.11 Å². The highest BCUT2D eigenvalue weighted by molar-refractivity contribution is 9.10. The highest BCUT2D eigenvalue weighted by Crippen LogP contribution is 2.23. The van der Waals surface area contributed by atoms with Crippen LogP contribution >= 0.6 is 27.3 Å². The lowest BCUT2D eigenvalue weighted by molar-refractivity contribution is 0.281. The molecule has 0 spiro atoms. The molecule has 0 aliphatic carbocycles. The third-order valence-electron chi connectivity index (χ3n) is 2.58. The molecule has 0 aliphatic heterocycles. The van der Waals surface area contributed by atoms with Gasteiger partial charge in [0.05, 0.1) is 28.7 Å². The number of nitrogens with zero attached hydrogens (tertiary/aromatic N) is 1. The minimum Gasteiger partial charge on any atom is -0.392 e. The topological polar surface area (TPSA) is 79.3 Å². The largest absolute Gasteiger partial charge is 0.392 e. The fraction of sp³-hybridized carbons (Fsp3) is 0.250. The molecule has 108 valence electrons. The number of aliphatic hydroxyl groups is 1. The Kier molecular flexibility index (Phi) is 4.92. The summed E-state index contributed by atoms with van der Waals surface area (Å²) >= 11 is 4.69. The van der Waals surface area contributed by atoms with E-state index < -0.39 is 10.0 Å². The molecule has 1 aromatic carbocycles. The van der Waals surface area contributed by atoms with Crippen molar-refractivity contribution < 1.29 is 13.5 Å². The Balaban J connectivity index is 2.18. The highest BCUT2D eigenvalue weighted by Gasteiger charge is 2.18. The van der Waals surface area contributed by atoms with E-state index in [9.17, 15) is 8.42 Å². The maximum Gasteiger partial charge on any atom is 0.242 e. The lowest BCUT2D eigenvalue weighted by Gasteiger charge is -2.08. The Labute approximate surface area is 129 Å². The Hall–Kier alpha value is -0.800. The van der Waals surface area contributed by atoms with Gasteiger partial charge in [-0.15, -0.1) is 11.3 Å². The van der Waals surface area contributed by atoms with Gasteiger partial charge in [-0.3, -0.25) is 0 Å². The van der Waals surface area contributed by atoms with Gasteiger partial charge in [0, 0.05) is 9.85 Å². The lowest BCUT2D eigenvalue weighted by Crippen LogP contribution is -2.23. The van der Waals surface area contributed by atoms with Crippen LogP contribution in [0, 0.1) is 6.92 Å². The quantitative estimate of drug-likeness (QED) is 0.837. The zero-order valence-corrected chi connectivity index (χ0v) is 13.8. The van der Waals surface area contributed by atoms with Crippen LogP contribution in [0.1, 0.15) is 16.3 Å². The molecule has 2 rings (SSSR count).